The van der Waals surface area contributed by atoms with Gasteiger partial charge in [-0.2, -0.15) is 0 Å². The number of ether oxygens (including phenoxy) is 2. The van der Waals surface area contributed by atoms with Gasteiger partial charge in [0.25, 0.3) is 0 Å². The van der Waals surface area contributed by atoms with Crippen molar-refractivity contribution < 1.29 is 17.9 Å². The average molecular weight is 286 g/mol. The SMILES string of the molecule is COc1ccc(S(=O)(=O)NC2CCNC2)cc1OC. The highest BCUT2D eigenvalue weighted by Crippen LogP contribution is 2.29. The van der Waals surface area contributed by atoms with Crippen LogP contribution in [0.4, 0.5) is 0 Å². The standard InChI is InChI=1S/C12H18N2O4S/c1-17-11-4-3-10(7-12(11)18-2)19(15,16)14-9-5-6-13-8-9/h3-4,7,9,13-14H,5-6,8H2,1-2H3. The fraction of sp³-hybridized carbons (Fsp3) is 0.500. The summed E-state index contributed by atoms with van der Waals surface area (Å²) < 4.78 is 37.3. The molecule has 1 aromatic rings. The Hall–Kier alpha value is -1.31. The molecule has 19 heavy (non-hydrogen) atoms. The molecule has 1 unspecified atom stereocenters. The van der Waals surface area contributed by atoms with Crippen molar-refractivity contribution in [3.63, 3.8) is 0 Å². The minimum atomic E-state index is -3.53. The zero-order valence-electron chi connectivity index (χ0n) is 11.0. The summed E-state index contributed by atoms with van der Waals surface area (Å²) in [7, 11) is -0.544. The van der Waals surface area contributed by atoms with Gasteiger partial charge in [-0.1, -0.05) is 0 Å². The van der Waals surface area contributed by atoms with Gasteiger partial charge in [0.05, 0.1) is 19.1 Å². The number of rotatable bonds is 5. The van der Waals surface area contributed by atoms with E-state index < -0.39 is 10.0 Å². The second-order valence-electron chi connectivity index (χ2n) is 4.33. The summed E-state index contributed by atoms with van der Waals surface area (Å²) in [4.78, 5) is 0.178. The molecule has 1 aliphatic heterocycles. The number of hydrogen-bond acceptors (Lipinski definition) is 5. The number of hydrogen-bond donors (Lipinski definition) is 2. The Bertz CT molecular complexity index is 539. The van der Waals surface area contributed by atoms with Crippen LogP contribution in [0.2, 0.25) is 0 Å². The van der Waals surface area contributed by atoms with Gasteiger partial charge in [-0.05, 0) is 25.1 Å². The minimum absolute atomic E-state index is 0.0573. The molecule has 0 aromatic heterocycles. The highest BCUT2D eigenvalue weighted by atomic mass is 32.2. The lowest BCUT2D eigenvalue weighted by Gasteiger charge is -2.14. The van der Waals surface area contributed by atoms with Gasteiger partial charge in [-0.3, -0.25) is 0 Å². The molecule has 106 valence electrons. The monoisotopic (exact) mass is 286 g/mol. The molecule has 1 heterocycles. The molecule has 0 radical (unpaired) electrons. The summed E-state index contributed by atoms with van der Waals surface area (Å²) in [5.41, 5.74) is 0. The molecule has 1 aromatic carbocycles. The topological polar surface area (TPSA) is 76.7 Å². The molecule has 0 saturated carbocycles. The van der Waals surface area contributed by atoms with E-state index in [-0.39, 0.29) is 10.9 Å². The lowest BCUT2D eigenvalue weighted by atomic mass is 10.3. The van der Waals surface area contributed by atoms with Crippen molar-refractivity contribution >= 4 is 10.0 Å². The average Bonchev–Trinajstić information content (AvgIpc) is 2.89. The van der Waals surface area contributed by atoms with E-state index in [1.54, 1.807) is 6.07 Å². The molecular weight excluding hydrogens is 268 g/mol. The van der Waals surface area contributed by atoms with Crippen molar-refractivity contribution in [1.29, 1.82) is 0 Å². The minimum Gasteiger partial charge on any atom is -0.493 e. The first-order chi connectivity index (χ1) is 9.06. The van der Waals surface area contributed by atoms with Gasteiger partial charge in [0, 0.05) is 18.7 Å². The third-order valence-electron chi connectivity index (χ3n) is 3.05. The van der Waals surface area contributed by atoms with Crippen molar-refractivity contribution in [1.82, 2.24) is 10.0 Å². The van der Waals surface area contributed by atoms with Crippen molar-refractivity contribution in [3.05, 3.63) is 18.2 Å². The van der Waals surface area contributed by atoms with Crippen LogP contribution in [0.5, 0.6) is 11.5 Å². The molecule has 6 nitrogen and oxygen atoms in total. The maximum absolute atomic E-state index is 12.2. The van der Waals surface area contributed by atoms with Crippen molar-refractivity contribution in [2.45, 2.75) is 17.4 Å². The molecule has 1 fully saturated rings. The summed E-state index contributed by atoms with van der Waals surface area (Å²) in [6, 6.07) is 4.49. The molecule has 0 spiro atoms. The molecule has 0 bridgehead atoms. The highest BCUT2D eigenvalue weighted by Gasteiger charge is 2.23. The fourth-order valence-electron chi connectivity index (χ4n) is 2.03. The van der Waals surface area contributed by atoms with Crippen molar-refractivity contribution in [3.8, 4) is 11.5 Å². The van der Waals surface area contributed by atoms with Gasteiger partial charge < -0.3 is 14.8 Å². The predicted molar refractivity (Wildman–Crippen MR) is 71.1 cm³/mol. The van der Waals surface area contributed by atoms with Crippen LogP contribution >= 0.6 is 0 Å². The quantitative estimate of drug-likeness (QED) is 0.816. The first kappa shape index (κ1) is 14.1. The Morgan fingerprint density at radius 1 is 1.26 bits per heavy atom. The van der Waals surface area contributed by atoms with E-state index >= 15 is 0 Å². The Morgan fingerprint density at radius 2 is 2.00 bits per heavy atom. The van der Waals surface area contributed by atoms with Crippen LogP contribution in [-0.4, -0.2) is 41.8 Å². The van der Waals surface area contributed by atoms with E-state index in [1.165, 1.54) is 26.4 Å². The number of nitrogens with one attached hydrogen (secondary N) is 2. The Kier molecular flexibility index (Phi) is 4.28. The normalized spacial score (nSPS) is 19.4. The van der Waals surface area contributed by atoms with Gasteiger partial charge in [-0.15, -0.1) is 0 Å². The third-order valence-corrected chi connectivity index (χ3v) is 4.57. The van der Waals surface area contributed by atoms with Crippen LogP contribution in [0.15, 0.2) is 23.1 Å². The van der Waals surface area contributed by atoms with Crippen molar-refractivity contribution in [2.24, 2.45) is 0 Å². The van der Waals surface area contributed by atoms with E-state index in [9.17, 15) is 8.42 Å². The fourth-order valence-corrected chi connectivity index (χ4v) is 3.31. The third kappa shape index (κ3) is 3.17. The predicted octanol–water partition coefficient (Wildman–Crippen LogP) is 0.344. The highest BCUT2D eigenvalue weighted by molar-refractivity contribution is 7.89. The molecule has 1 aliphatic rings. The number of sulfonamides is 1. The molecule has 1 atom stereocenters. The van der Waals surface area contributed by atoms with E-state index in [0.29, 0.717) is 18.0 Å². The zero-order valence-corrected chi connectivity index (χ0v) is 11.8. The Balaban J connectivity index is 2.24. The summed E-state index contributed by atoms with van der Waals surface area (Å²) in [5, 5.41) is 3.12. The van der Waals surface area contributed by atoms with Gasteiger partial charge in [0.2, 0.25) is 10.0 Å². The van der Waals surface area contributed by atoms with Crippen LogP contribution < -0.4 is 19.5 Å². The first-order valence-electron chi connectivity index (χ1n) is 6.02. The summed E-state index contributed by atoms with van der Waals surface area (Å²) in [5.74, 6) is 0.902. The largest absolute Gasteiger partial charge is 0.493 e. The van der Waals surface area contributed by atoms with E-state index in [4.69, 9.17) is 9.47 Å². The summed E-state index contributed by atoms with van der Waals surface area (Å²) in [6.45, 7) is 1.49. The molecular formula is C12H18N2O4S. The lowest BCUT2D eigenvalue weighted by Crippen LogP contribution is -2.36. The Morgan fingerprint density at radius 3 is 2.58 bits per heavy atom. The van der Waals surface area contributed by atoms with Crippen LogP contribution in [-0.2, 0) is 10.0 Å². The second-order valence-corrected chi connectivity index (χ2v) is 6.04. The van der Waals surface area contributed by atoms with Crippen LogP contribution in [0.3, 0.4) is 0 Å². The molecule has 7 heteroatoms. The molecule has 1 saturated heterocycles. The smallest absolute Gasteiger partial charge is 0.241 e. The molecule has 0 aliphatic carbocycles. The summed E-state index contributed by atoms with van der Waals surface area (Å²) >= 11 is 0. The first-order valence-corrected chi connectivity index (χ1v) is 7.50. The number of benzene rings is 1. The van der Waals surface area contributed by atoms with Gasteiger partial charge in [0.15, 0.2) is 11.5 Å². The lowest BCUT2D eigenvalue weighted by molar-refractivity contribution is 0.354. The van der Waals surface area contributed by atoms with Gasteiger partial charge in [-0.25, -0.2) is 13.1 Å². The molecule has 2 rings (SSSR count). The Labute approximate surface area is 113 Å². The summed E-state index contributed by atoms with van der Waals surface area (Å²) in [6.07, 6.45) is 0.798. The maximum atomic E-state index is 12.2. The maximum Gasteiger partial charge on any atom is 0.241 e. The van der Waals surface area contributed by atoms with Gasteiger partial charge >= 0.3 is 0 Å². The molecule has 0 amide bonds. The zero-order chi connectivity index (χ0) is 13.9. The number of methoxy groups -OCH3 is 2. The van der Waals surface area contributed by atoms with E-state index in [1.807, 2.05) is 0 Å². The van der Waals surface area contributed by atoms with Crippen LogP contribution in [0.25, 0.3) is 0 Å². The van der Waals surface area contributed by atoms with Crippen molar-refractivity contribution in [2.75, 3.05) is 27.3 Å². The van der Waals surface area contributed by atoms with E-state index in [2.05, 4.69) is 10.0 Å². The van der Waals surface area contributed by atoms with Crippen LogP contribution in [0.1, 0.15) is 6.42 Å². The molecule has 2 N–H and O–H groups in total. The van der Waals surface area contributed by atoms with Gasteiger partial charge in [0.1, 0.15) is 0 Å². The van der Waals surface area contributed by atoms with Crippen LogP contribution in [0, 0.1) is 0 Å². The second kappa shape index (κ2) is 5.77. The van der Waals surface area contributed by atoms with E-state index in [0.717, 1.165) is 13.0 Å².